The summed E-state index contributed by atoms with van der Waals surface area (Å²) >= 11 is 0. The molecule has 0 radical (unpaired) electrons. The van der Waals surface area contributed by atoms with Crippen LogP contribution in [0.4, 0.5) is 0 Å². The van der Waals surface area contributed by atoms with E-state index in [4.69, 9.17) is 29.9 Å². The topological polar surface area (TPSA) is 97.1 Å². The minimum absolute atomic E-state index is 0.524. The lowest BCUT2D eigenvalue weighted by molar-refractivity contribution is 1.07. The molecule has 0 aliphatic carbocycles. The van der Waals surface area contributed by atoms with Crippen molar-refractivity contribution in [3.8, 4) is 169 Å². The minimum atomic E-state index is 0.524. The Morgan fingerprint density at radius 3 is 0.544 bits per heavy atom. The van der Waals surface area contributed by atoms with Crippen molar-refractivity contribution in [2.24, 2.45) is 0 Å². The zero-order valence-electron chi connectivity index (χ0n) is 73.7. The highest BCUT2D eigenvalue weighted by Crippen LogP contribution is 2.49. The number of para-hydroxylation sites is 8. The van der Waals surface area contributed by atoms with Crippen LogP contribution in [-0.2, 0) is 0 Å². The van der Waals surface area contributed by atoms with Crippen LogP contribution in [0.15, 0.2) is 485 Å². The van der Waals surface area contributed by atoms with Crippen LogP contribution in [0.3, 0.4) is 0 Å². The van der Waals surface area contributed by atoms with Crippen LogP contribution < -0.4 is 0 Å². The van der Waals surface area contributed by atoms with Gasteiger partial charge in [-0.15, -0.1) is 0 Å². The van der Waals surface area contributed by atoms with Gasteiger partial charge in [-0.2, -0.15) is 0 Å². The first kappa shape index (κ1) is 78.6. The van der Waals surface area contributed by atoms with Crippen molar-refractivity contribution in [1.29, 1.82) is 0 Å². The Bertz CT molecular complexity index is 8190. The zero-order valence-corrected chi connectivity index (χ0v) is 73.7. The fourth-order valence-corrected chi connectivity index (χ4v) is 20.5. The Morgan fingerprint density at radius 1 is 0.110 bits per heavy atom. The molecule has 0 fully saturated rings. The van der Waals surface area contributed by atoms with Crippen molar-refractivity contribution in [2.75, 3.05) is 0 Å². The average molecular weight is 1730 g/mol. The van der Waals surface area contributed by atoms with Crippen LogP contribution in [0.25, 0.3) is 256 Å². The summed E-state index contributed by atoms with van der Waals surface area (Å²) in [7, 11) is 0. The van der Waals surface area contributed by atoms with Crippen molar-refractivity contribution in [3.05, 3.63) is 485 Å². The van der Waals surface area contributed by atoms with E-state index in [9.17, 15) is 0 Å². The van der Waals surface area contributed by atoms with Gasteiger partial charge in [0.2, 0.25) is 0 Å². The standard InChI is InChI=1S/C126H80N10/c1-9-33-81(34-10-1)121-127-122(82-35-11-2-12-36-82)130-125(129-121)89-57-63-101(107(79-89)95-71-91(85-59-65-117-109(75-85)103-49-25-29-53-113(103)133(117)97-41-17-5-18-42-97)69-92(72-95)86-60-66-118-110(76-86)104-50-26-30-54-114(104)134(118)98-43-19-6-20-44-98)102-64-58-90(126-131-123(83-37-13-3-14-38-83)128-124(132-126)84-39-15-4-16-40-84)80-108(102)96-73-93(87-61-67-119-111(77-87)105-51-27-31-55-115(105)135(119)99-45-21-7-22-46-99)70-94(74-96)88-62-68-120-112(78-88)106-52-28-32-56-116(106)136(120)100-47-23-8-24-48-100/h1-80H. The molecule has 6 aromatic heterocycles. The van der Waals surface area contributed by atoms with E-state index in [2.05, 4.69) is 431 Å². The predicted molar refractivity (Wildman–Crippen MR) is 561 cm³/mol. The highest BCUT2D eigenvalue weighted by molar-refractivity contribution is 6.15. The Morgan fingerprint density at radius 2 is 0.301 bits per heavy atom. The molecule has 0 bridgehead atoms. The molecule has 10 nitrogen and oxygen atoms in total. The summed E-state index contributed by atoms with van der Waals surface area (Å²) in [6, 6.07) is 175. The second-order valence-electron chi connectivity index (χ2n) is 34.9. The van der Waals surface area contributed by atoms with Crippen LogP contribution in [0.2, 0.25) is 0 Å². The summed E-state index contributed by atoms with van der Waals surface area (Å²) in [5.74, 6) is 3.30. The van der Waals surface area contributed by atoms with E-state index < -0.39 is 0 Å². The predicted octanol–water partition coefficient (Wildman–Crippen LogP) is 32.1. The second-order valence-corrected chi connectivity index (χ2v) is 34.9. The average Bonchev–Trinajstić information content (AvgIpc) is 1.66. The first-order chi connectivity index (χ1) is 67.4. The molecule has 136 heavy (non-hydrogen) atoms. The fraction of sp³-hybridized carbons (Fsp3) is 0. The molecular formula is C126H80N10. The van der Waals surface area contributed by atoms with E-state index in [1.165, 1.54) is 0 Å². The number of rotatable bonds is 17. The van der Waals surface area contributed by atoms with Gasteiger partial charge >= 0.3 is 0 Å². The highest BCUT2D eigenvalue weighted by Gasteiger charge is 2.27. The van der Waals surface area contributed by atoms with Crippen LogP contribution in [-0.4, -0.2) is 48.2 Å². The van der Waals surface area contributed by atoms with Crippen molar-refractivity contribution < 1.29 is 0 Å². The molecule has 634 valence electrons. The fourth-order valence-electron chi connectivity index (χ4n) is 20.5. The van der Waals surface area contributed by atoms with E-state index in [0.717, 1.165) is 221 Å². The van der Waals surface area contributed by atoms with Gasteiger partial charge in [-0.3, -0.25) is 0 Å². The molecule has 0 N–H and O–H groups in total. The third-order valence-corrected chi connectivity index (χ3v) is 26.8. The van der Waals surface area contributed by atoms with Gasteiger partial charge < -0.3 is 18.3 Å². The summed E-state index contributed by atoms with van der Waals surface area (Å²) in [6.07, 6.45) is 0. The Labute approximate surface area is 784 Å². The molecule has 0 saturated heterocycles. The first-order valence-electron chi connectivity index (χ1n) is 46.1. The molecule has 0 atom stereocenters. The third kappa shape index (κ3) is 13.8. The molecular weight excluding hydrogens is 1650 g/mol. The number of fused-ring (bicyclic) bond motifs is 12. The van der Waals surface area contributed by atoms with Crippen molar-refractivity contribution >= 4 is 87.2 Å². The summed E-state index contributed by atoms with van der Waals surface area (Å²) in [5.41, 5.74) is 32.6. The number of aromatic nitrogens is 10. The zero-order chi connectivity index (χ0) is 89.7. The number of hydrogen-bond donors (Lipinski definition) is 0. The Balaban J connectivity index is 0.768. The summed E-state index contributed by atoms with van der Waals surface area (Å²) in [4.78, 5) is 32.7. The van der Waals surface area contributed by atoms with Gasteiger partial charge in [-0.25, -0.2) is 29.9 Å². The maximum absolute atomic E-state index is 5.52. The molecule has 0 aliphatic heterocycles. The van der Waals surface area contributed by atoms with E-state index in [0.29, 0.717) is 34.9 Å². The molecule has 10 heteroatoms. The second kappa shape index (κ2) is 32.9. The normalized spacial score (nSPS) is 11.7. The molecule has 0 spiro atoms. The molecule has 0 unspecified atom stereocenters. The molecule has 0 amide bonds. The van der Waals surface area contributed by atoms with Crippen molar-refractivity contribution in [2.45, 2.75) is 0 Å². The smallest absolute Gasteiger partial charge is 0.164 e. The molecule has 26 rings (SSSR count). The summed E-state index contributed by atoms with van der Waals surface area (Å²) in [5, 5.41) is 9.25. The van der Waals surface area contributed by atoms with Crippen LogP contribution in [0, 0.1) is 0 Å². The summed E-state index contributed by atoms with van der Waals surface area (Å²) in [6.45, 7) is 0. The maximum atomic E-state index is 5.52. The Kier molecular flexibility index (Phi) is 19.0. The van der Waals surface area contributed by atoms with E-state index in [1.54, 1.807) is 0 Å². The third-order valence-electron chi connectivity index (χ3n) is 26.8. The summed E-state index contributed by atoms with van der Waals surface area (Å²) < 4.78 is 9.57. The van der Waals surface area contributed by atoms with E-state index in [-0.39, 0.29) is 0 Å². The van der Waals surface area contributed by atoms with Gasteiger partial charge in [0.25, 0.3) is 0 Å². The van der Waals surface area contributed by atoms with Crippen molar-refractivity contribution in [3.63, 3.8) is 0 Å². The SMILES string of the molecule is c1ccc(-c2nc(-c3ccccc3)nc(-c3ccc(-c4ccc(-c5nc(-c6ccccc6)nc(-c6ccccc6)n5)cc4-c4cc(-c5ccc6c(c5)c5ccccc5n6-c5ccccc5)cc(-c5ccc6c(c5)c5ccccc5n6-c5ccccc5)c4)c(-c4cc(-c5ccc6c(c5)c5ccccc5n6-c5ccccc5)cc(-c5ccc6c(c5)c5ccccc5n6-c5ccccc5)c4)c3)n2)cc1. The van der Waals surface area contributed by atoms with Crippen LogP contribution in [0.5, 0.6) is 0 Å². The Hall–Kier alpha value is -18.4. The molecule has 0 saturated carbocycles. The number of nitrogens with zero attached hydrogens (tertiary/aromatic N) is 10. The maximum Gasteiger partial charge on any atom is 0.164 e. The van der Waals surface area contributed by atoms with Gasteiger partial charge in [0.05, 0.1) is 44.1 Å². The number of benzene rings is 20. The molecule has 6 heterocycles. The highest BCUT2D eigenvalue weighted by atomic mass is 15.1. The molecule has 26 aromatic rings. The lowest BCUT2D eigenvalue weighted by Gasteiger charge is -2.20. The lowest BCUT2D eigenvalue weighted by Crippen LogP contribution is -2.01. The van der Waals surface area contributed by atoms with Gasteiger partial charge in [-0.1, -0.05) is 315 Å². The largest absolute Gasteiger partial charge is 0.309 e. The van der Waals surface area contributed by atoms with Gasteiger partial charge in [-0.05, 0) is 248 Å². The molecule has 0 aliphatic rings. The van der Waals surface area contributed by atoms with Gasteiger partial charge in [0, 0.05) is 99.2 Å². The monoisotopic (exact) mass is 1730 g/mol. The number of hydrogen-bond acceptors (Lipinski definition) is 6. The first-order valence-corrected chi connectivity index (χ1v) is 46.1. The quantitative estimate of drug-likeness (QED) is 0.0901. The molecule has 20 aromatic carbocycles. The van der Waals surface area contributed by atoms with Crippen LogP contribution >= 0.6 is 0 Å². The van der Waals surface area contributed by atoms with E-state index in [1.807, 2.05) is 72.8 Å². The van der Waals surface area contributed by atoms with E-state index >= 15 is 0 Å². The van der Waals surface area contributed by atoms with Gasteiger partial charge in [0.15, 0.2) is 34.9 Å². The van der Waals surface area contributed by atoms with Crippen molar-refractivity contribution in [1.82, 2.24) is 48.2 Å². The minimum Gasteiger partial charge on any atom is -0.309 e. The van der Waals surface area contributed by atoms with Gasteiger partial charge in [0.1, 0.15) is 0 Å². The van der Waals surface area contributed by atoms with Crippen LogP contribution in [0.1, 0.15) is 0 Å². The lowest BCUT2D eigenvalue weighted by atomic mass is 9.84.